The van der Waals surface area contributed by atoms with Crippen molar-refractivity contribution in [2.45, 2.75) is 65.2 Å². The molecule has 0 saturated heterocycles. The maximum absolute atomic E-state index is 16.0. The van der Waals surface area contributed by atoms with E-state index < -0.39 is 25.0 Å². The first-order valence-corrected chi connectivity index (χ1v) is 25.4. The van der Waals surface area contributed by atoms with Gasteiger partial charge < -0.3 is 0 Å². The molecule has 54 heavy (non-hydrogen) atoms. The molecule has 6 heteroatoms. The molecule has 0 radical (unpaired) electrons. The molecule has 0 aliphatic heterocycles. The summed E-state index contributed by atoms with van der Waals surface area (Å²) in [5.74, 6) is 0. The summed E-state index contributed by atoms with van der Waals surface area (Å²) in [5, 5.41) is 6.32. The minimum atomic E-state index is -4.01. The third kappa shape index (κ3) is 7.45. The number of rotatable bonds is 20. The van der Waals surface area contributed by atoms with E-state index in [2.05, 4.69) is 196 Å². The molecule has 0 amide bonds. The summed E-state index contributed by atoms with van der Waals surface area (Å²) in [6, 6.07) is 63.6. The van der Waals surface area contributed by atoms with Crippen molar-refractivity contribution in [2.24, 2.45) is 0 Å². The Bertz CT molecular complexity index is 1680. The Morgan fingerprint density at radius 3 is 0.778 bits per heavy atom. The SMILES string of the molecule is CCCCCCP(OS(=O)OP(CCCCCC)(c1ccccc1)(c1ccccc1)c1ccccc1)(c1ccccc1)(c1ccccc1)c1ccccc1. The zero-order valence-electron chi connectivity index (χ0n) is 31.9. The van der Waals surface area contributed by atoms with Crippen LogP contribution in [0.25, 0.3) is 0 Å². The fraction of sp³-hybridized carbons (Fsp3) is 0.250. The van der Waals surface area contributed by atoms with Crippen molar-refractivity contribution in [2.75, 3.05) is 12.3 Å². The molecule has 0 aromatic heterocycles. The molecule has 6 rings (SSSR count). The second-order valence-corrected chi connectivity index (χ2v) is 24.8. The summed E-state index contributed by atoms with van der Waals surface area (Å²) in [5.41, 5.74) is 0. The molecule has 3 nitrogen and oxygen atoms in total. The van der Waals surface area contributed by atoms with Gasteiger partial charge in [0.15, 0.2) is 0 Å². The van der Waals surface area contributed by atoms with Gasteiger partial charge in [-0.1, -0.05) is 0 Å². The molecule has 0 aliphatic rings. The molecule has 282 valence electrons. The Hall–Kier alpha value is -3.75. The fourth-order valence-electron chi connectivity index (χ4n) is 8.42. The van der Waals surface area contributed by atoms with E-state index in [0.29, 0.717) is 12.3 Å². The second kappa shape index (κ2) is 18.3. The van der Waals surface area contributed by atoms with Gasteiger partial charge in [-0.25, -0.2) is 0 Å². The van der Waals surface area contributed by atoms with E-state index in [0.717, 1.165) is 83.2 Å². The Morgan fingerprint density at radius 1 is 0.352 bits per heavy atom. The Balaban J connectivity index is 1.68. The average Bonchev–Trinajstić information content (AvgIpc) is 3.25. The van der Waals surface area contributed by atoms with Gasteiger partial charge in [0.1, 0.15) is 0 Å². The van der Waals surface area contributed by atoms with Crippen LogP contribution >= 0.6 is 13.7 Å². The van der Waals surface area contributed by atoms with Crippen molar-refractivity contribution < 1.29 is 12.1 Å². The van der Waals surface area contributed by atoms with Crippen LogP contribution < -0.4 is 31.8 Å². The molecule has 0 N–H and O–H groups in total. The van der Waals surface area contributed by atoms with Crippen LogP contribution in [0, 0.1) is 0 Å². The third-order valence-corrected chi connectivity index (χ3v) is 25.4. The van der Waals surface area contributed by atoms with Crippen LogP contribution in [-0.4, -0.2) is 16.5 Å². The van der Waals surface area contributed by atoms with Crippen LogP contribution in [0.3, 0.4) is 0 Å². The van der Waals surface area contributed by atoms with Gasteiger partial charge in [-0.3, -0.25) is 0 Å². The predicted octanol–water partition coefficient (Wildman–Crippen LogP) is 10.6. The van der Waals surface area contributed by atoms with Crippen LogP contribution in [-0.2, 0) is 19.3 Å². The van der Waals surface area contributed by atoms with E-state index in [1.165, 1.54) is 0 Å². The zero-order valence-corrected chi connectivity index (χ0v) is 34.5. The van der Waals surface area contributed by atoms with Crippen LogP contribution in [0.5, 0.6) is 0 Å². The van der Waals surface area contributed by atoms with Crippen LogP contribution in [0.15, 0.2) is 182 Å². The summed E-state index contributed by atoms with van der Waals surface area (Å²) in [6.07, 6.45) is 9.80. The summed E-state index contributed by atoms with van der Waals surface area (Å²) in [7, 11) is 0. The molecule has 0 aliphatic carbocycles. The van der Waals surface area contributed by atoms with Crippen LogP contribution in [0.1, 0.15) is 65.2 Å². The summed E-state index contributed by atoms with van der Waals surface area (Å²) >= 11 is -2.24. The van der Waals surface area contributed by atoms with E-state index in [9.17, 15) is 0 Å². The van der Waals surface area contributed by atoms with Crippen molar-refractivity contribution in [1.82, 2.24) is 0 Å². The minimum absolute atomic E-state index is 0.702. The van der Waals surface area contributed by atoms with Gasteiger partial charge in [-0.05, 0) is 0 Å². The van der Waals surface area contributed by atoms with Crippen molar-refractivity contribution in [3.05, 3.63) is 182 Å². The van der Waals surface area contributed by atoms with Gasteiger partial charge in [0.2, 0.25) is 0 Å². The van der Waals surface area contributed by atoms with Crippen molar-refractivity contribution in [1.29, 1.82) is 0 Å². The molecular formula is C48H56O3P2S. The van der Waals surface area contributed by atoms with E-state index >= 15 is 4.21 Å². The standard InChI is InChI=1S/C48H56O3P2S/c1-3-5-7-27-41-52(43-29-15-9-16-30-43,44-31-17-10-18-32-44,45-33-19-11-20-34-45)50-54(49)51-53(42-28-8-6-4-2,46-35-21-12-22-36-46,47-37-23-13-24-38-47)48-39-25-14-26-40-48/h9-26,29-40H,3-8,27-28,41-42H2,1-2H3. The quantitative estimate of drug-likeness (QED) is 0.0572. The van der Waals surface area contributed by atoms with Gasteiger partial charge in [0, 0.05) is 0 Å². The van der Waals surface area contributed by atoms with Gasteiger partial charge in [-0.15, -0.1) is 0 Å². The molecule has 6 aromatic carbocycles. The second-order valence-electron chi connectivity index (χ2n) is 14.4. The first kappa shape index (κ1) is 39.9. The van der Waals surface area contributed by atoms with Gasteiger partial charge in [0.25, 0.3) is 0 Å². The topological polar surface area (TPSA) is 35.5 Å². The van der Waals surface area contributed by atoms with Gasteiger partial charge in [0.05, 0.1) is 0 Å². The average molecular weight is 775 g/mol. The molecule has 0 spiro atoms. The fourth-order valence-corrected chi connectivity index (χ4v) is 23.4. The van der Waals surface area contributed by atoms with Crippen molar-refractivity contribution in [3.8, 4) is 0 Å². The molecule has 0 fully saturated rings. The normalized spacial score (nSPS) is 14.0. The Kier molecular flexibility index (Phi) is 13.5. The summed E-state index contributed by atoms with van der Waals surface area (Å²) < 4.78 is 31.5. The number of benzene rings is 6. The zero-order chi connectivity index (χ0) is 37.6. The first-order valence-electron chi connectivity index (χ1n) is 19.7. The van der Waals surface area contributed by atoms with Gasteiger partial charge in [-0.2, -0.15) is 0 Å². The van der Waals surface area contributed by atoms with E-state index in [1.54, 1.807) is 0 Å². The molecule has 0 heterocycles. The van der Waals surface area contributed by atoms with Crippen molar-refractivity contribution in [3.63, 3.8) is 0 Å². The number of hydrogen-bond acceptors (Lipinski definition) is 3. The molecule has 0 atom stereocenters. The number of hydrogen-bond donors (Lipinski definition) is 0. The van der Waals surface area contributed by atoms with Crippen LogP contribution in [0.2, 0.25) is 0 Å². The Labute approximate surface area is 327 Å². The molecule has 6 aromatic rings. The van der Waals surface area contributed by atoms with E-state index in [4.69, 9.17) is 7.94 Å². The third-order valence-electron chi connectivity index (χ3n) is 11.1. The van der Waals surface area contributed by atoms with E-state index in [-0.39, 0.29) is 0 Å². The monoisotopic (exact) mass is 774 g/mol. The van der Waals surface area contributed by atoms with Crippen molar-refractivity contribution >= 4 is 56.8 Å². The molecule has 0 bridgehead atoms. The maximum atomic E-state index is 16.0. The predicted molar refractivity (Wildman–Crippen MR) is 239 cm³/mol. The Morgan fingerprint density at radius 2 is 0.574 bits per heavy atom. The molecular weight excluding hydrogens is 719 g/mol. The summed E-state index contributed by atoms with van der Waals surface area (Å²) in [6.45, 7) is -3.54. The van der Waals surface area contributed by atoms with Gasteiger partial charge >= 0.3 is 329 Å². The summed E-state index contributed by atoms with van der Waals surface area (Å²) in [4.78, 5) is 0. The number of unbranched alkanes of at least 4 members (excludes halogenated alkanes) is 6. The molecule has 0 saturated carbocycles. The first-order chi connectivity index (χ1) is 26.5. The van der Waals surface area contributed by atoms with Crippen LogP contribution in [0.4, 0.5) is 0 Å². The van der Waals surface area contributed by atoms with E-state index in [1.807, 2.05) is 0 Å². The molecule has 0 unspecified atom stereocenters.